The van der Waals surface area contributed by atoms with Crippen LogP contribution >= 0.6 is 0 Å². The van der Waals surface area contributed by atoms with Crippen LogP contribution in [0.3, 0.4) is 0 Å². The van der Waals surface area contributed by atoms with Gasteiger partial charge in [-0.05, 0) is 19.9 Å². The summed E-state index contributed by atoms with van der Waals surface area (Å²) in [6.45, 7) is 7.99. The number of hydrogen-bond donors (Lipinski definition) is 1. The van der Waals surface area contributed by atoms with Gasteiger partial charge in [0.15, 0.2) is 0 Å². The molecule has 0 radical (unpaired) electrons. The molecule has 0 spiro atoms. The first-order chi connectivity index (χ1) is 7.66. The van der Waals surface area contributed by atoms with Gasteiger partial charge < -0.3 is 9.84 Å². The van der Waals surface area contributed by atoms with Crippen molar-refractivity contribution >= 4 is 0 Å². The maximum Gasteiger partial charge on any atom is 0.141 e. The van der Waals surface area contributed by atoms with Crippen LogP contribution in [-0.2, 0) is 11.3 Å². The molecule has 1 N–H and O–H groups in total. The lowest BCUT2D eigenvalue weighted by Crippen LogP contribution is -2.35. The normalized spacial score (nSPS) is 17.6. The van der Waals surface area contributed by atoms with Crippen molar-refractivity contribution in [2.75, 3.05) is 26.3 Å². The van der Waals surface area contributed by atoms with Gasteiger partial charge in [-0.2, -0.15) is 0 Å². The first-order valence-electron chi connectivity index (χ1n) is 5.63. The van der Waals surface area contributed by atoms with Gasteiger partial charge in [0.05, 0.1) is 18.9 Å². The fraction of sp³-hybridized carbons (Fsp3) is 0.583. The van der Waals surface area contributed by atoms with Crippen LogP contribution in [0.2, 0.25) is 0 Å². The summed E-state index contributed by atoms with van der Waals surface area (Å²) in [7, 11) is 0. The molecule has 4 nitrogen and oxygen atoms in total. The molecule has 0 saturated carbocycles. The Morgan fingerprint density at radius 1 is 1.38 bits per heavy atom. The van der Waals surface area contributed by atoms with E-state index < -0.39 is 0 Å². The minimum atomic E-state index is 0.331. The molecule has 2 heterocycles. The van der Waals surface area contributed by atoms with Gasteiger partial charge in [0.1, 0.15) is 5.75 Å². The fourth-order valence-electron chi connectivity index (χ4n) is 2.02. The van der Waals surface area contributed by atoms with Crippen LogP contribution < -0.4 is 0 Å². The summed E-state index contributed by atoms with van der Waals surface area (Å²) in [5.41, 5.74) is 2.63. The van der Waals surface area contributed by atoms with Crippen LogP contribution in [0.1, 0.15) is 17.0 Å². The molecule has 1 aromatic heterocycles. The zero-order valence-electron chi connectivity index (χ0n) is 9.86. The van der Waals surface area contributed by atoms with Crippen molar-refractivity contribution in [2.24, 2.45) is 0 Å². The number of hydrogen-bond acceptors (Lipinski definition) is 4. The minimum absolute atomic E-state index is 0.331. The van der Waals surface area contributed by atoms with Crippen molar-refractivity contribution in [3.63, 3.8) is 0 Å². The molecule has 0 unspecified atom stereocenters. The Labute approximate surface area is 95.9 Å². The standard InChI is InChI=1S/C12H18N2O2/c1-9-7-11(12(15)10(2)13-9)8-14-3-5-16-6-4-14/h7,15H,3-6,8H2,1-2H3. The Hall–Kier alpha value is -1.13. The molecule has 0 amide bonds. The topological polar surface area (TPSA) is 45.6 Å². The molecule has 0 aliphatic carbocycles. The van der Waals surface area contributed by atoms with Crippen molar-refractivity contribution < 1.29 is 9.84 Å². The van der Waals surface area contributed by atoms with Gasteiger partial charge >= 0.3 is 0 Å². The van der Waals surface area contributed by atoms with E-state index in [0.717, 1.165) is 44.1 Å². The molecule has 1 aliphatic rings. The highest BCUT2D eigenvalue weighted by atomic mass is 16.5. The highest BCUT2D eigenvalue weighted by Crippen LogP contribution is 2.22. The van der Waals surface area contributed by atoms with Crippen LogP contribution in [0.4, 0.5) is 0 Å². The van der Waals surface area contributed by atoms with E-state index in [-0.39, 0.29) is 0 Å². The molecule has 2 rings (SSSR count). The smallest absolute Gasteiger partial charge is 0.141 e. The van der Waals surface area contributed by atoms with Gasteiger partial charge in [0.25, 0.3) is 0 Å². The van der Waals surface area contributed by atoms with E-state index in [0.29, 0.717) is 11.4 Å². The fourth-order valence-corrected chi connectivity index (χ4v) is 2.02. The molecule has 1 aliphatic heterocycles. The van der Waals surface area contributed by atoms with Gasteiger partial charge in [-0.25, -0.2) is 0 Å². The van der Waals surface area contributed by atoms with E-state index in [1.165, 1.54) is 0 Å². The number of ether oxygens (including phenoxy) is 1. The van der Waals surface area contributed by atoms with Crippen molar-refractivity contribution in [2.45, 2.75) is 20.4 Å². The Morgan fingerprint density at radius 3 is 2.75 bits per heavy atom. The van der Waals surface area contributed by atoms with Gasteiger partial charge in [-0.3, -0.25) is 9.88 Å². The summed E-state index contributed by atoms with van der Waals surface area (Å²) in [4.78, 5) is 6.52. The van der Waals surface area contributed by atoms with Gasteiger partial charge in [0, 0.05) is 30.9 Å². The second-order valence-electron chi connectivity index (χ2n) is 4.25. The maximum absolute atomic E-state index is 9.93. The first kappa shape index (κ1) is 11.4. The van der Waals surface area contributed by atoms with Crippen molar-refractivity contribution in [1.82, 2.24) is 9.88 Å². The first-order valence-corrected chi connectivity index (χ1v) is 5.63. The highest BCUT2D eigenvalue weighted by molar-refractivity contribution is 5.36. The van der Waals surface area contributed by atoms with E-state index >= 15 is 0 Å². The Balaban J connectivity index is 2.13. The Morgan fingerprint density at radius 2 is 2.06 bits per heavy atom. The third kappa shape index (κ3) is 2.51. The summed E-state index contributed by atoms with van der Waals surface area (Å²) < 4.78 is 5.30. The quantitative estimate of drug-likeness (QED) is 0.817. The van der Waals surface area contributed by atoms with Crippen molar-refractivity contribution in [1.29, 1.82) is 0 Å². The molecular formula is C12H18N2O2. The average molecular weight is 222 g/mol. The number of rotatable bonds is 2. The maximum atomic E-state index is 9.93. The molecule has 0 atom stereocenters. The van der Waals surface area contributed by atoms with E-state index in [1.54, 1.807) is 0 Å². The van der Waals surface area contributed by atoms with Crippen LogP contribution in [0.25, 0.3) is 0 Å². The number of morpholine rings is 1. The summed E-state index contributed by atoms with van der Waals surface area (Å²) in [6, 6.07) is 1.96. The van der Waals surface area contributed by atoms with Crippen LogP contribution in [0.15, 0.2) is 6.07 Å². The lowest BCUT2D eigenvalue weighted by atomic mass is 10.1. The summed E-state index contributed by atoms with van der Waals surface area (Å²) in [5, 5.41) is 9.93. The van der Waals surface area contributed by atoms with E-state index in [1.807, 2.05) is 19.9 Å². The zero-order valence-corrected chi connectivity index (χ0v) is 9.86. The third-order valence-corrected chi connectivity index (χ3v) is 2.87. The number of pyridine rings is 1. The lowest BCUT2D eigenvalue weighted by Gasteiger charge is -2.27. The Bertz CT molecular complexity index is 374. The highest BCUT2D eigenvalue weighted by Gasteiger charge is 2.14. The average Bonchev–Trinajstić information content (AvgIpc) is 2.27. The zero-order chi connectivity index (χ0) is 11.5. The molecule has 1 aromatic rings. The molecular weight excluding hydrogens is 204 g/mol. The summed E-state index contributed by atoms with van der Waals surface area (Å²) >= 11 is 0. The number of aromatic nitrogens is 1. The van der Waals surface area contributed by atoms with Gasteiger partial charge in [-0.15, -0.1) is 0 Å². The second-order valence-corrected chi connectivity index (χ2v) is 4.25. The molecule has 1 saturated heterocycles. The SMILES string of the molecule is Cc1cc(CN2CCOCC2)c(O)c(C)n1. The second kappa shape index (κ2) is 4.80. The van der Waals surface area contributed by atoms with E-state index in [9.17, 15) is 5.11 Å². The molecule has 1 fully saturated rings. The minimum Gasteiger partial charge on any atom is -0.506 e. The van der Waals surface area contributed by atoms with Crippen LogP contribution in [0, 0.1) is 13.8 Å². The number of nitrogens with zero attached hydrogens (tertiary/aromatic N) is 2. The third-order valence-electron chi connectivity index (χ3n) is 2.87. The Kier molecular flexibility index (Phi) is 3.41. The van der Waals surface area contributed by atoms with E-state index in [2.05, 4.69) is 9.88 Å². The van der Waals surface area contributed by atoms with Crippen LogP contribution in [0.5, 0.6) is 5.75 Å². The van der Waals surface area contributed by atoms with Gasteiger partial charge in [-0.1, -0.05) is 0 Å². The predicted octanol–water partition coefficient (Wildman–Crippen LogP) is 1.24. The summed E-state index contributed by atoms with van der Waals surface area (Å²) in [6.07, 6.45) is 0. The molecule has 0 aromatic carbocycles. The largest absolute Gasteiger partial charge is 0.506 e. The number of aromatic hydroxyl groups is 1. The predicted molar refractivity (Wildman–Crippen MR) is 61.5 cm³/mol. The van der Waals surface area contributed by atoms with E-state index in [4.69, 9.17) is 4.74 Å². The van der Waals surface area contributed by atoms with Gasteiger partial charge in [0.2, 0.25) is 0 Å². The van der Waals surface area contributed by atoms with Crippen molar-refractivity contribution in [3.05, 3.63) is 23.0 Å². The summed E-state index contributed by atoms with van der Waals surface area (Å²) in [5.74, 6) is 0.331. The molecule has 0 bridgehead atoms. The number of aryl methyl sites for hydroxylation is 2. The monoisotopic (exact) mass is 222 g/mol. The molecule has 88 valence electrons. The lowest BCUT2D eigenvalue weighted by molar-refractivity contribution is 0.0338. The molecule has 4 heteroatoms. The van der Waals surface area contributed by atoms with Crippen LogP contribution in [-0.4, -0.2) is 41.3 Å². The van der Waals surface area contributed by atoms with Crippen molar-refractivity contribution in [3.8, 4) is 5.75 Å². The molecule has 16 heavy (non-hydrogen) atoms.